The topological polar surface area (TPSA) is 32.3 Å². The molecular formula is C18H27FN2O. The molecule has 0 spiro atoms. The molecule has 1 aromatic rings. The first-order valence-electron chi connectivity index (χ1n) is 8.23. The molecule has 0 heterocycles. The summed E-state index contributed by atoms with van der Waals surface area (Å²) in [6.45, 7) is 1.01. The lowest BCUT2D eigenvalue weighted by Crippen LogP contribution is -2.45. The molecule has 1 aliphatic rings. The quantitative estimate of drug-likeness (QED) is 0.876. The van der Waals surface area contributed by atoms with Gasteiger partial charge < -0.3 is 10.2 Å². The molecule has 1 saturated carbocycles. The van der Waals surface area contributed by atoms with Gasteiger partial charge in [-0.15, -0.1) is 0 Å². The molecule has 3 nitrogen and oxygen atoms in total. The Morgan fingerprint density at radius 1 is 1.27 bits per heavy atom. The van der Waals surface area contributed by atoms with Gasteiger partial charge in [0.25, 0.3) is 0 Å². The van der Waals surface area contributed by atoms with Crippen LogP contribution in [-0.4, -0.2) is 37.5 Å². The fourth-order valence-electron chi connectivity index (χ4n) is 3.31. The van der Waals surface area contributed by atoms with Crippen molar-refractivity contribution in [1.29, 1.82) is 0 Å². The van der Waals surface area contributed by atoms with Gasteiger partial charge in [0, 0.05) is 19.0 Å². The highest BCUT2D eigenvalue weighted by Crippen LogP contribution is 2.25. The summed E-state index contributed by atoms with van der Waals surface area (Å²) in [6, 6.07) is 6.95. The SMILES string of the molecule is CN(C)CC1CCCCC1NC(=O)CCc1ccccc1F. The van der Waals surface area contributed by atoms with E-state index in [1.165, 1.54) is 25.3 Å². The standard InChI is InChI=1S/C18H27FN2O/c1-21(2)13-15-8-4-6-10-17(15)20-18(22)12-11-14-7-3-5-9-16(14)19/h3,5,7,9,15,17H,4,6,8,10-13H2,1-2H3,(H,20,22). The van der Waals surface area contributed by atoms with Crippen LogP contribution in [0.2, 0.25) is 0 Å². The first-order valence-corrected chi connectivity index (χ1v) is 8.23. The van der Waals surface area contributed by atoms with Crippen molar-refractivity contribution >= 4 is 5.91 Å². The lowest BCUT2D eigenvalue weighted by atomic mass is 9.84. The minimum Gasteiger partial charge on any atom is -0.353 e. The molecule has 0 bridgehead atoms. The van der Waals surface area contributed by atoms with Gasteiger partial charge in [0.2, 0.25) is 5.91 Å². The third kappa shape index (κ3) is 5.09. The zero-order chi connectivity index (χ0) is 15.9. The fraction of sp³-hybridized carbons (Fsp3) is 0.611. The largest absolute Gasteiger partial charge is 0.353 e. The fourth-order valence-corrected chi connectivity index (χ4v) is 3.31. The number of nitrogens with zero attached hydrogens (tertiary/aromatic N) is 1. The summed E-state index contributed by atoms with van der Waals surface area (Å²) >= 11 is 0. The van der Waals surface area contributed by atoms with Gasteiger partial charge in [-0.05, 0) is 50.9 Å². The van der Waals surface area contributed by atoms with Crippen molar-refractivity contribution in [1.82, 2.24) is 10.2 Å². The van der Waals surface area contributed by atoms with Gasteiger partial charge in [0.05, 0.1) is 0 Å². The van der Waals surface area contributed by atoms with Crippen molar-refractivity contribution in [2.24, 2.45) is 5.92 Å². The summed E-state index contributed by atoms with van der Waals surface area (Å²) in [5, 5.41) is 3.18. The maximum atomic E-state index is 13.6. The molecule has 1 aliphatic carbocycles. The summed E-state index contributed by atoms with van der Waals surface area (Å²) in [6.07, 6.45) is 5.48. The zero-order valence-electron chi connectivity index (χ0n) is 13.6. The smallest absolute Gasteiger partial charge is 0.220 e. The van der Waals surface area contributed by atoms with Crippen LogP contribution in [0.3, 0.4) is 0 Å². The van der Waals surface area contributed by atoms with E-state index in [0.29, 0.717) is 24.3 Å². The number of nitrogens with one attached hydrogen (secondary N) is 1. The van der Waals surface area contributed by atoms with Crippen LogP contribution in [-0.2, 0) is 11.2 Å². The highest BCUT2D eigenvalue weighted by atomic mass is 19.1. The number of amides is 1. The van der Waals surface area contributed by atoms with Gasteiger partial charge >= 0.3 is 0 Å². The van der Waals surface area contributed by atoms with Gasteiger partial charge in [-0.25, -0.2) is 4.39 Å². The van der Waals surface area contributed by atoms with E-state index in [0.717, 1.165) is 13.0 Å². The van der Waals surface area contributed by atoms with Gasteiger partial charge in [-0.1, -0.05) is 31.0 Å². The molecular weight excluding hydrogens is 279 g/mol. The van der Waals surface area contributed by atoms with Crippen molar-refractivity contribution in [2.45, 2.75) is 44.6 Å². The number of hydrogen-bond acceptors (Lipinski definition) is 2. The third-order valence-corrected chi connectivity index (χ3v) is 4.43. The van der Waals surface area contributed by atoms with E-state index in [1.807, 2.05) is 6.07 Å². The minimum atomic E-state index is -0.224. The van der Waals surface area contributed by atoms with Crippen molar-refractivity contribution in [3.8, 4) is 0 Å². The van der Waals surface area contributed by atoms with E-state index in [1.54, 1.807) is 12.1 Å². The second kappa shape index (κ2) is 8.28. The van der Waals surface area contributed by atoms with Crippen LogP contribution < -0.4 is 5.32 Å². The molecule has 1 aromatic carbocycles. The lowest BCUT2D eigenvalue weighted by Gasteiger charge is -2.34. The predicted molar refractivity (Wildman–Crippen MR) is 87.2 cm³/mol. The summed E-state index contributed by atoms with van der Waals surface area (Å²) in [5.74, 6) is 0.346. The number of aryl methyl sites for hydroxylation is 1. The van der Waals surface area contributed by atoms with Crippen LogP contribution in [0.15, 0.2) is 24.3 Å². The molecule has 4 heteroatoms. The molecule has 1 N–H and O–H groups in total. The van der Waals surface area contributed by atoms with E-state index >= 15 is 0 Å². The van der Waals surface area contributed by atoms with E-state index < -0.39 is 0 Å². The van der Waals surface area contributed by atoms with Crippen LogP contribution in [0.1, 0.15) is 37.7 Å². The van der Waals surface area contributed by atoms with E-state index in [9.17, 15) is 9.18 Å². The summed E-state index contributed by atoms with van der Waals surface area (Å²) in [5.41, 5.74) is 0.617. The van der Waals surface area contributed by atoms with Gasteiger partial charge in [-0.2, -0.15) is 0 Å². The Morgan fingerprint density at radius 2 is 2.00 bits per heavy atom. The lowest BCUT2D eigenvalue weighted by molar-refractivity contribution is -0.122. The van der Waals surface area contributed by atoms with Crippen LogP contribution >= 0.6 is 0 Å². The normalized spacial score (nSPS) is 21.8. The Bertz CT molecular complexity index is 490. The van der Waals surface area contributed by atoms with Crippen LogP contribution in [0.5, 0.6) is 0 Å². The monoisotopic (exact) mass is 306 g/mol. The summed E-state index contributed by atoms with van der Waals surface area (Å²) in [7, 11) is 4.15. The molecule has 0 aromatic heterocycles. The van der Waals surface area contributed by atoms with Crippen molar-refractivity contribution < 1.29 is 9.18 Å². The van der Waals surface area contributed by atoms with Crippen LogP contribution in [0, 0.1) is 11.7 Å². The highest BCUT2D eigenvalue weighted by molar-refractivity contribution is 5.76. The predicted octanol–water partition coefficient (Wildman–Crippen LogP) is 2.99. The maximum absolute atomic E-state index is 13.6. The summed E-state index contributed by atoms with van der Waals surface area (Å²) in [4.78, 5) is 14.4. The molecule has 2 atom stereocenters. The molecule has 2 unspecified atom stereocenters. The molecule has 0 saturated heterocycles. The van der Waals surface area contributed by atoms with Crippen LogP contribution in [0.4, 0.5) is 4.39 Å². The molecule has 2 rings (SSSR count). The second-order valence-electron chi connectivity index (χ2n) is 6.57. The number of carbonyl (C=O) groups excluding carboxylic acids is 1. The van der Waals surface area contributed by atoms with Gasteiger partial charge in [-0.3, -0.25) is 4.79 Å². The number of hydrogen-bond donors (Lipinski definition) is 1. The Kier molecular flexibility index (Phi) is 6.37. The average Bonchev–Trinajstić information content (AvgIpc) is 2.48. The third-order valence-electron chi connectivity index (χ3n) is 4.43. The van der Waals surface area contributed by atoms with Gasteiger partial charge in [0.1, 0.15) is 5.82 Å². The first-order chi connectivity index (χ1) is 10.6. The summed E-state index contributed by atoms with van der Waals surface area (Å²) < 4.78 is 13.6. The van der Waals surface area contributed by atoms with Crippen molar-refractivity contribution in [3.05, 3.63) is 35.6 Å². The van der Waals surface area contributed by atoms with Gasteiger partial charge in [0.15, 0.2) is 0 Å². The molecule has 0 aliphatic heterocycles. The number of halogens is 1. The van der Waals surface area contributed by atoms with Crippen molar-refractivity contribution in [2.75, 3.05) is 20.6 Å². The maximum Gasteiger partial charge on any atom is 0.220 e. The number of benzene rings is 1. The highest BCUT2D eigenvalue weighted by Gasteiger charge is 2.26. The Balaban J connectivity index is 1.83. The van der Waals surface area contributed by atoms with E-state index in [4.69, 9.17) is 0 Å². The molecule has 122 valence electrons. The zero-order valence-corrected chi connectivity index (χ0v) is 13.6. The Hall–Kier alpha value is -1.42. The molecule has 1 amide bonds. The Labute approximate surface area is 132 Å². The van der Waals surface area contributed by atoms with E-state index in [2.05, 4.69) is 24.3 Å². The second-order valence-corrected chi connectivity index (χ2v) is 6.57. The van der Waals surface area contributed by atoms with Crippen molar-refractivity contribution in [3.63, 3.8) is 0 Å². The molecule has 22 heavy (non-hydrogen) atoms. The average molecular weight is 306 g/mol. The van der Waals surface area contributed by atoms with E-state index in [-0.39, 0.29) is 17.8 Å². The number of rotatable bonds is 6. The minimum absolute atomic E-state index is 0.0407. The van der Waals surface area contributed by atoms with Crippen LogP contribution in [0.25, 0.3) is 0 Å². The molecule has 0 radical (unpaired) electrons. The molecule has 1 fully saturated rings. The number of carbonyl (C=O) groups is 1. The Morgan fingerprint density at radius 3 is 2.73 bits per heavy atom. The first kappa shape index (κ1) is 16.9.